The van der Waals surface area contributed by atoms with Gasteiger partial charge in [0.2, 0.25) is 0 Å². The maximum Gasteiger partial charge on any atom is 0.267 e. The number of hydrogen-bond acceptors (Lipinski definition) is 7. The molecule has 0 unspecified atom stereocenters. The summed E-state index contributed by atoms with van der Waals surface area (Å²) in [6, 6.07) is 15.7. The van der Waals surface area contributed by atoms with Crippen LogP contribution in [0, 0.1) is 0 Å². The predicted molar refractivity (Wildman–Crippen MR) is 131 cm³/mol. The molecule has 1 N–H and O–H groups in total. The van der Waals surface area contributed by atoms with Crippen molar-refractivity contribution >= 4 is 46.7 Å². The molecule has 0 spiro atoms. The first-order chi connectivity index (χ1) is 16.0. The Morgan fingerprint density at radius 2 is 1.97 bits per heavy atom. The number of benzene rings is 2. The summed E-state index contributed by atoms with van der Waals surface area (Å²) in [6.07, 6.45) is 4.88. The summed E-state index contributed by atoms with van der Waals surface area (Å²) in [7, 11) is 0. The number of phenolic OH excluding ortho intramolecular Hbond substituents is 1. The van der Waals surface area contributed by atoms with Crippen LogP contribution in [0.3, 0.4) is 0 Å². The Morgan fingerprint density at radius 3 is 2.70 bits per heavy atom. The normalized spacial score (nSPS) is 16.4. The molecular formula is C24H20ClN3O4S. The lowest BCUT2D eigenvalue weighted by Gasteiger charge is -2.12. The van der Waals surface area contributed by atoms with E-state index in [9.17, 15) is 9.90 Å². The first-order valence-corrected chi connectivity index (χ1v) is 11.3. The topological polar surface area (TPSA) is 87.6 Å². The van der Waals surface area contributed by atoms with Gasteiger partial charge in [0.1, 0.15) is 5.76 Å². The summed E-state index contributed by atoms with van der Waals surface area (Å²) in [5, 5.41) is 19.4. The largest absolute Gasteiger partial charge is 0.504 e. The molecule has 1 aliphatic heterocycles. The van der Waals surface area contributed by atoms with Gasteiger partial charge < -0.3 is 14.3 Å². The van der Waals surface area contributed by atoms with Crippen molar-refractivity contribution in [3.05, 3.63) is 87.7 Å². The minimum Gasteiger partial charge on any atom is -0.504 e. The Balaban J connectivity index is 1.62. The fourth-order valence-corrected chi connectivity index (χ4v) is 4.08. The minimum absolute atomic E-state index is 0.0441. The molecule has 3 aromatic rings. The van der Waals surface area contributed by atoms with Gasteiger partial charge in [0.15, 0.2) is 16.7 Å². The van der Waals surface area contributed by atoms with Crippen LogP contribution in [0.4, 0.5) is 0 Å². The average Bonchev–Trinajstić information content (AvgIpc) is 3.42. The molecule has 0 saturated carbocycles. The fourth-order valence-electron chi connectivity index (χ4n) is 3.02. The van der Waals surface area contributed by atoms with Crippen LogP contribution >= 0.6 is 23.4 Å². The number of amides is 1. The van der Waals surface area contributed by atoms with Crippen LogP contribution in [0.2, 0.25) is 5.02 Å². The molecule has 9 heteroatoms. The van der Waals surface area contributed by atoms with Gasteiger partial charge in [-0.1, -0.05) is 29.8 Å². The molecule has 1 aliphatic rings. The van der Waals surface area contributed by atoms with Crippen molar-refractivity contribution in [1.29, 1.82) is 0 Å². The van der Waals surface area contributed by atoms with E-state index < -0.39 is 0 Å². The zero-order valence-electron chi connectivity index (χ0n) is 17.6. The number of furan rings is 1. The molecule has 1 saturated heterocycles. The van der Waals surface area contributed by atoms with E-state index in [1.165, 1.54) is 22.7 Å². The Morgan fingerprint density at radius 1 is 1.18 bits per heavy atom. The van der Waals surface area contributed by atoms with E-state index in [-0.39, 0.29) is 18.2 Å². The van der Waals surface area contributed by atoms with Gasteiger partial charge in [0, 0.05) is 5.02 Å². The van der Waals surface area contributed by atoms with Gasteiger partial charge in [0.25, 0.3) is 5.91 Å². The molecule has 0 radical (unpaired) electrons. The zero-order valence-corrected chi connectivity index (χ0v) is 19.2. The van der Waals surface area contributed by atoms with E-state index in [1.54, 1.807) is 55.0 Å². The summed E-state index contributed by atoms with van der Waals surface area (Å²) in [4.78, 5) is 15.1. The highest BCUT2D eigenvalue weighted by molar-refractivity contribution is 8.18. The third kappa shape index (κ3) is 5.66. The predicted octanol–water partition coefficient (Wildman–Crippen LogP) is 5.54. The lowest BCUT2D eigenvalue weighted by molar-refractivity contribution is -0.122. The molecule has 2 aromatic carbocycles. The van der Waals surface area contributed by atoms with Gasteiger partial charge in [-0.15, -0.1) is 5.10 Å². The quantitative estimate of drug-likeness (QED) is 0.272. The van der Waals surface area contributed by atoms with Crippen LogP contribution in [0.5, 0.6) is 11.5 Å². The second-order valence-corrected chi connectivity index (χ2v) is 8.37. The molecule has 33 heavy (non-hydrogen) atoms. The van der Waals surface area contributed by atoms with Crippen LogP contribution in [0.15, 0.2) is 80.4 Å². The van der Waals surface area contributed by atoms with E-state index in [0.29, 0.717) is 33.2 Å². The number of phenols is 1. The Bertz CT molecular complexity index is 1220. The highest BCUT2D eigenvalue weighted by Gasteiger charge is 2.34. The Hall–Kier alpha value is -3.49. The number of rotatable bonds is 7. The summed E-state index contributed by atoms with van der Waals surface area (Å²) in [6.45, 7) is 2.48. The fraction of sp³-hybridized carbons (Fsp3) is 0.125. The number of carbonyl (C=O) groups excluding carboxylic acids is 1. The number of ether oxygens (including phenoxy) is 1. The minimum atomic E-state index is -0.220. The zero-order chi connectivity index (χ0) is 23.2. The van der Waals surface area contributed by atoms with Crippen molar-refractivity contribution < 1.29 is 19.1 Å². The van der Waals surface area contributed by atoms with Crippen LogP contribution in [0.1, 0.15) is 23.8 Å². The standard InChI is InChI=1S/C24H20ClN3O4S/c1-2-31-21-12-17(7-10-20(21)29)13-22-23(30)28(15-19-4-3-11-32-19)24(33-22)27-26-14-16-5-8-18(25)9-6-16/h3-14,29H,2,15H2,1H3/b22-13-,26-14-,27-24+. The van der Waals surface area contributed by atoms with E-state index in [4.69, 9.17) is 20.8 Å². The van der Waals surface area contributed by atoms with Gasteiger partial charge >= 0.3 is 0 Å². The van der Waals surface area contributed by atoms with Crippen molar-refractivity contribution in [1.82, 2.24) is 4.90 Å². The number of hydrogen-bond donors (Lipinski definition) is 1. The third-order valence-electron chi connectivity index (χ3n) is 4.58. The summed E-state index contributed by atoms with van der Waals surface area (Å²) < 4.78 is 10.9. The second kappa shape index (κ2) is 10.4. The van der Waals surface area contributed by atoms with Gasteiger partial charge in [-0.2, -0.15) is 5.10 Å². The number of halogens is 1. The summed E-state index contributed by atoms with van der Waals surface area (Å²) in [5.41, 5.74) is 1.55. The van der Waals surface area contributed by atoms with Gasteiger partial charge in [-0.3, -0.25) is 9.69 Å². The lowest BCUT2D eigenvalue weighted by atomic mass is 10.2. The first-order valence-electron chi connectivity index (χ1n) is 10.1. The number of nitrogens with zero attached hydrogens (tertiary/aromatic N) is 3. The van der Waals surface area contributed by atoms with Crippen molar-refractivity contribution in [2.45, 2.75) is 13.5 Å². The Labute approximate surface area is 200 Å². The van der Waals surface area contributed by atoms with Crippen molar-refractivity contribution in [3.63, 3.8) is 0 Å². The third-order valence-corrected chi connectivity index (χ3v) is 5.83. The number of aromatic hydroxyl groups is 1. The molecule has 2 heterocycles. The molecule has 1 amide bonds. The van der Waals surface area contributed by atoms with E-state index in [0.717, 1.165) is 11.1 Å². The van der Waals surface area contributed by atoms with Gasteiger partial charge in [-0.25, -0.2) is 0 Å². The molecular weight excluding hydrogens is 462 g/mol. The van der Waals surface area contributed by atoms with Crippen molar-refractivity contribution in [2.75, 3.05) is 6.61 Å². The van der Waals surface area contributed by atoms with E-state index >= 15 is 0 Å². The first kappa shape index (κ1) is 22.7. The summed E-state index contributed by atoms with van der Waals surface area (Å²) >= 11 is 7.13. The molecule has 1 fully saturated rings. The second-order valence-electron chi connectivity index (χ2n) is 6.92. The van der Waals surface area contributed by atoms with Crippen LogP contribution in [-0.2, 0) is 11.3 Å². The molecule has 0 aliphatic carbocycles. The lowest BCUT2D eigenvalue weighted by Crippen LogP contribution is -2.28. The van der Waals surface area contributed by atoms with E-state index in [1.807, 2.05) is 19.1 Å². The maximum atomic E-state index is 13.2. The molecule has 0 bridgehead atoms. The smallest absolute Gasteiger partial charge is 0.267 e. The monoisotopic (exact) mass is 481 g/mol. The number of amidine groups is 1. The molecule has 0 atom stereocenters. The van der Waals surface area contributed by atoms with Gasteiger partial charge in [0.05, 0.1) is 30.5 Å². The average molecular weight is 482 g/mol. The Kier molecular flexibility index (Phi) is 7.16. The molecule has 7 nitrogen and oxygen atoms in total. The molecule has 168 valence electrons. The highest BCUT2D eigenvalue weighted by atomic mass is 35.5. The SMILES string of the molecule is CCOc1cc(/C=C2\S/C(=N/N=C\c3ccc(Cl)cc3)N(Cc3ccco3)C2=O)ccc1O. The summed E-state index contributed by atoms with van der Waals surface area (Å²) in [5.74, 6) is 0.810. The molecule has 1 aromatic heterocycles. The number of carbonyl (C=O) groups is 1. The van der Waals surface area contributed by atoms with Crippen molar-refractivity contribution in [2.24, 2.45) is 10.2 Å². The maximum absolute atomic E-state index is 13.2. The number of thioether (sulfide) groups is 1. The van der Waals surface area contributed by atoms with E-state index in [2.05, 4.69) is 10.2 Å². The van der Waals surface area contributed by atoms with Gasteiger partial charge in [-0.05, 0) is 72.3 Å². The van der Waals surface area contributed by atoms with Crippen LogP contribution in [-0.4, -0.2) is 33.9 Å². The van der Waals surface area contributed by atoms with Crippen molar-refractivity contribution in [3.8, 4) is 11.5 Å². The highest BCUT2D eigenvalue weighted by Crippen LogP contribution is 2.35. The molecule has 4 rings (SSSR count). The van der Waals surface area contributed by atoms with Crippen LogP contribution in [0.25, 0.3) is 6.08 Å². The van der Waals surface area contributed by atoms with Crippen LogP contribution < -0.4 is 4.74 Å².